The highest BCUT2D eigenvalue weighted by atomic mass is 32.2. The first-order valence-electron chi connectivity index (χ1n) is 3.10. The van der Waals surface area contributed by atoms with Crippen LogP contribution in [-0.4, -0.2) is 23.3 Å². The van der Waals surface area contributed by atoms with Crippen LogP contribution in [-0.2, 0) is 9.59 Å². The summed E-state index contributed by atoms with van der Waals surface area (Å²) in [5.74, 6) is -0.279. The molecule has 0 aromatic rings. The molecule has 0 saturated carbocycles. The number of thioether (sulfide) groups is 1. The van der Waals surface area contributed by atoms with Crippen molar-refractivity contribution in [3.05, 3.63) is 0 Å². The fourth-order valence-corrected chi connectivity index (χ4v) is 1.53. The summed E-state index contributed by atoms with van der Waals surface area (Å²) in [7, 11) is 0. The second-order valence-electron chi connectivity index (χ2n) is 2.18. The minimum Gasteiger partial charge on any atom is -0.295 e. The Labute approximate surface area is 63.6 Å². The van der Waals surface area contributed by atoms with Crippen LogP contribution in [0, 0.1) is 0 Å². The van der Waals surface area contributed by atoms with Crippen LogP contribution in [0.5, 0.6) is 0 Å². The topological polar surface area (TPSA) is 46.2 Å². The fourth-order valence-electron chi connectivity index (χ4n) is 0.899. The number of nitrogens with one attached hydrogen (secondary N) is 1. The molecule has 3 nitrogen and oxygen atoms in total. The first-order valence-corrected chi connectivity index (χ1v) is 4.39. The number of amides is 2. The number of carbonyl (C=O) groups excluding carboxylic acids is 2. The summed E-state index contributed by atoms with van der Waals surface area (Å²) in [5, 5.41) is 2.27. The van der Waals surface area contributed by atoms with E-state index in [1.165, 1.54) is 11.8 Å². The summed E-state index contributed by atoms with van der Waals surface area (Å²) in [6, 6.07) is 0. The van der Waals surface area contributed by atoms with Gasteiger partial charge in [0, 0.05) is 6.42 Å². The maximum absolute atomic E-state index is 10.9. The summed E-state index contributed by atoms with van der Waals surface area (Å²) < 4.78 is 0. The average Bonchev–Trinajstić information content (AvgIpc) is 1.88. The molecule has 10 heavy (non-hydrogen) atoms. The molecule has 1 fully saturated rings. The summed E-state index contributed by atoms with van der Waals surface area (Å²) in [6.45, 7) is 0. The van der Waals surface area contributed by atoms with E-state index in [0.717, 1.165) is 0 Å². The van der Waals surface area contributed by atoms with Gasteiger partial charge in [0.1, 0.15) is 0 Å². The van der Waals surface area contributed by atoms with Crippen LogP contribution in [0.3, 0.4) is 0 Å². The Kier molecular flexibility index (Phi) is 2.32. The number of carbonyl (C=O) groups is 2. The molecule has 0 aromatic heterocycles. The minimum absolute atomic E-state index is 0.0160. The smallest absolute Gasteiger partial charge is 0.239 e. The number of hydrogen-bond donors (Lipinski definition) is 1. The van der Waals surface area contributed by atoms with Gasteiger partial charge in [0.05, 0.1) is 5.25 Å². The molecule has 1 atom stereocenters. The van der Waals surface area contributed by atoms with E-state index in [4.69, 9.17) is 0 Å². The van der Waals surface area contributed by atoms with Crippen LogP contribution in [0.15, 0.2) is 0 Å². The molecule has 2 amide bonds. The quantitative estimate of drug-likeness (QED) is 0.554. The zero-order valence-electron chi connectivity index (χ0n) is 5.72. The monoisotopic (exact) mass is 159 g/mol. The van der Waals surface area contributed by atoms with E-state index in [0.29, 0.717) is 12.8 Å². The van der Waals surface area contributed by atoms with Crippen molar-refractivity contribution in [2.24, 2.45) is 0 Å². The van der Waals surface area contributed by atoms with Gasteiger partial charge < -0.3 is 0 Å². The average molecular weight is 159 g/mol. The highest BCUT2D eigenvalue weighted by molar-refractivity contribution is 7.99. The molecule has 1 aliphatic rings. The summed E-state index contributed by atoms with van der Waals surface area (Å²) in [5.41, 5.74) is 0. The molecule has 1 heterocycles. The number of rotatable bonds is 1. The van der Waals surface area contributed by atoms with Gasteiger partial charge in [0.15, 0.2) is 0 Å². The third-order valence-electron chi connectivity index (χ3n) is 1.47. The van der Waals surface area contributed by atoms with Crippen LogP contribution in [0.2, 0.25) is 0 Å². The highest BCUT2D eigenvalue weighted by Gasteiger charge is 2.24. The van der Waals surface area contributed by atoms with Crippen molar-refractivity contribution in [1.29, 1.82) is 0 Å². The lowest BCUT2D eigenvalue weighted by atomic mass is 10.1. The third-order valence-corrected chi connectivity index (χ3v) is 2.49. The first-order chi connectivity index (χ1) is 4.74. The maximum Gasteiger partial charge on any atom is 0.239 e. The van der Waals surface area contributed by atoms with Crippen molar-refractivity contribution in [1.82, 2.24) is 5.32 Å². The van der Waals surface area contributed by atoms with Crippen LogP contribution in [0.25, 0.3) is 0 Å². The lowest BCUT2D eigenvalue weighted by molar-refractivity contribution is -0.132. The van der Waals surface area contributed by atoms with Crippen LogP contribution in [0.1, 0.15) is 12.8 Å². The second kappa shape index (κ2) is 3.05. The van der Waals surface area contributed by atoms with Crippen LogP contribution in [0.4, 0.5) is 0 Å². The molecule has 56 valence electrons. The first kappa shape index (κ1) is 7.60. The van der Waals surface area contributed by atoms with Gasteiger partial charge in [-0.05, 0) is 12.7 Å². The zero-order valence-corrected chi connectivity index (χ0v) is 6.53. The molecule has 1 rings (SSSR count). The Bertz CT molecular complexity index is 169. The Hall–Kier alpha value is -0.510. The van der Waals surface area contributed by atoms with E-state index in [-0.39, 0.29) is 17.1 Å². The molecule has 0 radical (unpaired) electrons. The number of piperidine rings is 1. The van der Waals surface area contributed by atoms with Gasteiger partial charge in [-0.15, -0.1) is 0 Å². The van der Waals surface area contributed by atoms with Crippen molar-refractivity contribution in [3.8, 4) is 0 Å². The predicted molar refractivity (Wildman–Crippen MR) is 39.7 cm³/mol. The van der Waals surface area contributed by atoms with Gasteiger partial charge in [-0.3, -0.25) is 14.9 Å². The fraction of sp³-hybridized carbons (Fsp3) is 0.667. The van der Waals surface area contributed by atoms with Crippen molar-refractivity contribution >= 4 is 23.6 Å². The molecule has 4 heteroatoms. The van der Waals surface area contributed by atoms with E-state index in [1.807, 2.05) is 6.26 Å². The van der Waals surface area contributed by atoms with Gasteiger partial charge in [-0.1, -0.05) is 0 Å². The number of imide groups is 1. The SMILES string of the molecule is CSC1CCC(=O)NC1=O. The summed E-state index contributed by atoms with van der Waals surface area (Å²) in [6.07, 6.45) is 3.04. The van der Waals surface area contributed by atoms with Gasteiger partial charge >= 0.3 is 0 Å². The third kappa shape index (κ3) is 1.50. The second-order valence-corrected chi connectivity index (χ2v) is 3.22. The lowest BCUT2D eigenvalue weighted by Crippen LogP contribution is -2.42. The van der Waals surface area contributed by atoms with Crippen LogP contribution < -0.4 is 5.32 Å². The van der Waals surface area contributed by atoms with Gasteiger partial charge in [-0.2, -0.15) is 11.8 Å². The number of hydrogen-bond acceptors (Lipinski definition) is 3. The Morgan fingerprint density at radius 3 is 2.80 bits per heavy atom. The van der Waals surface area contributed by atoms with E-state index in [1.54, 1.807) is 0 Å². The van der Waals surface area contributed by atoms with Crippen LogP contribution >= 0.6 is 11.8 Å². The largest absolute Gasteiger partial charge is 0.295 e. The van der Waals surface area contributed by atoms with E-state index >= 15 is 0 Å². The minimum atomic E-state index is -0.143. The molecule has 0 spiro atoms. The van der Waals surface area contributed by atoms with Gasteiger partial charge in [0.2, 0.25) is 11.8 Å². The Balaban J connectivity index is 2.51. The summed E-state index contributed by atoms with van der Waals surface area (Å²) in [4.78, 5) is 21.5. The Morgan fingerprint density at radius 2 is 2.30 bits per heavy atom. The predicted octanol–water partition coefficient (Wildman–Crippen LogP) is 0.155. The molecule has 1 aliphatic heterocycles. The maximum atomic E-state index is 10.9. The highest BCUT2D eigenvalue weighted by Crippen LogP contribution is 2.16. The lowest BCUT2D eigenvalue weighted by Gasteiger charge is -2.17. The molecule has 0 bridgehead atoms. The normalized spacial score (nSPS) is 26.3. The van der Waals surface area contributed by atoms with E-state index in [2.05, 4.69) is 5.32 Å². The summed E-state index contributed by atoms with van der Waals surface area (Å²) >= 11 is 1.49. The molecule has 1 unspecified atom stereocenters. The van der Waals surface area contributed by atoms with Crippen molar-refractivity contribution in [3.63, 3.8) is 0 Å². The molecule has 1 N–H and O–H groups in total. The molecular formula is C6H9NO2S. The Morgan fingerprint density at radius 1 is 1.60 bits per heavy atom. The van der Waals surface area contributed by atoms with E-state index in [9.17, 15) is 9.59 Å². The van der Waals surface area contributed by atoms with Crippen molar-refractivity contribution in [2.75, 3.05) is 6.26 Å². The van der Waals surface area contributed by atoms with E-state index < -0.39 is 0 Å². The zero-order chi connectivity index (χ0) is 7.56. The molecule has 1 saturated heterocycles. The standard InChI is InChI=1S/C6H9NO2S/c1-10-4-2-3-5(8)7-6(4)9/h4H,2-3H2,1H3,(H,7,8,9). The van der Waals surface area contributed by atoms with Crippen molar-refractivity contribution in [2.45, 2.75) is 18.1 Å². The molecule has 0 aromatic carbocycles. The van der Waals surface area contributed by atoms with Gasteiger partial charge in [0.25, 0.3) is 0 Å². The van der Waals surface area contributed by atoms with Crippen molar-refractivity contribution < 1.29 is 9.59 Å². The molecular weight excluding hydrogens is 150 g/mol. The molecule has 0 aliphatic carbocycles. The van der Waals surface area contributed by atoms with Gasteiger partial charge in [-0.25, -0.2) is 0 Å².